The van der Waals surface area contributed by atoms with Crippen molar-refractivity contribution in [2.45, 2.75) is 83.2 Å². The highest BCUT2D eigenvalue weighted by Crippen LogP contribution is 2.64. The number of fused-ring (bicyclic) bond motifs is 5. The SMILES string of the molecule is C[C@]12CC[C@H]3[C@@H](CC=C4CC(O)C=C[C@@]43COC3CCCCO3)[C@@H]1CCC2O. The maximum atomic E-state index is 10.7. The summed E-state index contributed by atoms with van der Waals surface area (Å²) in [7, 11) is 0. The number of ether oxygens (including phenoxy) is 2. The maximum absolute atomic E-state index is 10.7. The summed E-state index contributed by atoms with van der Waals surface area (Å²) in [6.45, 7) is 3.80. The summed E-state index contributed by atoms with van der Waals surface area (Å²) >= 11 is 0. The van der Waals surface area contributed by atoms with Gasteiger partial charge in [0.1, 0.15) is 0 Å². The summed E-state index contributed by atoms with van der Waals surface area (Å²) in [6.07, 6.45) is 15.6. The van der Waals surface area contributed by atoms with Gasteiger partial charge >= 0.3 is 0 Å². The predicted octanol–water partition coefficient (Wildman–Crippen LogP) is 3.97. The van der Waals surface area contributed by atoms with Gasteiger partial charge < -0.3 is 19.7 Å². The normalized spacial score (nSPS) is 50.5. The van der Waals surface area contributed by atoms with Gasteiger partial charge in [-0.3, -0.25) is 0 Å². The lowest BCUT2D eigenvalue weighted by atomic mass is 9.48. The summed E-state index contributed by atoms with van der Waals surface area (Å²) in [6, 6.07) is 0. The second-order valence-corrected chi connectivity index (χ2v) is 10.3. The van der Waals surface area contributed by atoms with E-state index in [0.29, 0.717) is 24.4 Å². The van der Waals surface area contributed by atoms with Crippen LogP contribution in [0.15, 0.2) is 23.8 Å². The molecule has 1 saturated heterocycles. The fraction of sp³-hybridized carbons (Fsp3) is 0.833. The first-order chi connectivity index (χ1) is 13.5. The molecule has 5 rings (SSSR count). The molecular weight excluding hydrogens is 352 g/mol. The van der Waals surface area contributed by atoms with Crippen LogP contribution in [-0.4, -0.2) is 41.9 Å². The lowest BCUT2D eigenvalue weighted by Gasteiger charge is -2.57. The van der Waals surface area contributed by atoms with Crippen LogP contribution in [0, 0.1) is 28.6 Å². The quantitative estimate of drug-likeness (QED) is 0.718. The first-order valence-electron chi connectivity index (χ1n) is 11.5. The molecule has 0 aromatic rings. The second-order valence-electron chi connectivity index (χ2n) is 10.3. The Hall–Kier alpha value is -0.680. The Morgan fingerprint density at radius 1 is 1.14 bits per heavy atom. The molecule has 2 N–H and O–H groups in total. The van der Waals surface area contributed by atoms with Crippen molar-refractivity contribution in [3.63, 3.8) is 0 Å². The number of hydrogen-bond donors (Lipinski definition) is 2. The van der Waals surface area contributed by atoms with E-state index in [0.717, 1.165) is 58.0 Å². The van der Waals surface area contributed by atoms with Gasteiger partial charge in [-0.2, -0.15) is 0 Å². The maximum Gasteiger partial charge on any atom is 0.157 e. The molecule has 0 radical (unpaired) electrons. The highest BCUT2D eigenvalue weighted by atomic mass is 16.7. The Morgan fingerprint density at radius 3 is 2.86 bits per heavy atom. The molecule has 1 heterocycles. The molecule has 4 nitrogen and oxygen atoms in total. The third-order valence-corrected chi connectivity index (χ3v) is 8.97. The van der Waals surface area contributed by atoms with Crippen molar-refractivity contribution in [1.82, 2.24) is 0 Å². The lowest BCUT2D eigenvalue weighted by molar-refractivity contribution is -0.183. The minimum Gasteiger partial charge on any atom is -0.393 e. The highest BCUT2D eigenvalue weighted by molar-refractivity contribution is 5.34. The molecule has 28 heavy (non-hydrogen) atoms. The summed E-state index contributed by atoms with van der Waals surface area (Å²) in [5.41, 5.74) is 1.36. The Balaban J connectivity index is 1.44. The topological polar surface area (TPSA) is 58.9 Å². The molecule has 156 valence electrons. The molecule has 8 atom stereocenters. The number of aliphatic hydroxyl groups is 2. The van der Waals surface area contributed by atoms with Crippen LogP contribution in [0.3, 0.4) is 0 Å². The van der Waals surface area contributed by atoms with Crippen LogP contribution in [0.2, 0.25) is 0 Å². The lowest BCUT2D eigenvalue weighted by Crippen LogP contribution is -2.52. The van der Waals surface area contributed by atoms with Crippen molar-refractivity contribution < 1.29 is 19.7 Å². The number of allylic oxidation sites excluding steroid dienone is 1. The van der Waals surface area contributed by atoms with Crippen LogP contribution < -0.4 is 0 Å². The minimum absolute atomic E-state index is 0.0767. The van der Waals surface area contributed by atoms with E-state index in [4.69, 9.17) is 9.47 Å². The highest BCUT2D eigenvalue weighted by Gasteiger charge is 2.59. The predicted molar refractivity (Wildman–Crippen MR) is 107 cm³/mol. The Morgan fingerprint density at radius 2 is 2.04 bits per heavy atom. The van der Waals surface area contributed by atoms with E-state index in [2.05, 4.69) is 19.1 Å². The van der Waals surface area contributed by atoms with Gasteiger partial charge in [-0.25, -0.2) is 0 Å². The molecule has 3 fully saturated rings. The summed E-state index contributed by atoms with van der Waals surface area (Å²) in [5, 5.41) is 21.0. The molecule has 4 aliphatic carbocycles. The van der Waals surface area contributed by atoms with E-state index in [1.54, 1.807) is 0 Å². The number of hydrogen-bond acceptors (Lipinski definition) is 4. The average molecular weight is 389 g/mol. The van der Waals surface area contributed by atoms with Crippen LogP contribution in [-0.2, 0) is 9.47 Å². The van der Waals surface area contributed by atoms with E-state index in [1.807, 2.05) is 6.08 Å². The van der Waals surface area contributed by atoms with Crippen LogP contribution in [0.25, 0.3) is 0 Å². The van der Waals surface area contributed by atoms with Crippen LogP contribution in [0.5, 0.6) is 0 Å². The third kappa shape index (κ3) is 2.94. The fourth-order valence-corrected chi connectivity index (χ4v) is 7.34. The summed E-state index contributed by atoms with van der Waals surface area (Å²) in [4.78, 5) is 0. The minimum atomic E-state index is -0.371. The van der Waals surface area contributed by atoms with Crippen molar-refractivity contribution in [1.29, 1.82) is 0 Å². The van der Waals surface area contributed by atoms with Gasteiger partial charge in [-0.15, -0.1) is 0 Å². The third-order valence-electron chi connectivity index (χ3n) is 8.97. The molecule has 0 bridgehead atoms. The standard InChI is InChI=1S/C24H36O4/c1-23-11-10-20-18(19(23)7-8-21(23)26)6-5-16-14-17(25)9-12-24(16,20)15-28-22-4-2-3-13-27-22/h5,9,12,17-22,25-26H,2-4,6-8,10-11,13-15H2,1H3/t17?,18-,19-,20-,21?,22?,23-,24+/m0/s1. The van der Waals surface area contributed by atoms with Crippen LogP contribution in [0.4, 0.5) is 0 Å². The largest absolute Gasteiger partial charge is 0.393 e. The zero-order chi connectivity index (χ0) is 19.4. The molecule has 0 amide bonds. The van der Waals surface area contributed by atoms with Gasteiger partial charge in [0, 0.05) is 12.0 Å². The monoisotopic (exact) mass is 388 g/mol. The van der Waals surface area contributed by atoms with Crippen LogP contribution >= 0.6 is 0 Å². The van der Waals surface area contributed by atoms with Crippen LogP contribution in [0.1, 0.15) is 64.7 Å². The first-order valence-corrected chi connectivity index (χ1v) is 11.5. The van der Waals surface area contributed by atoms with E-state index >= 15 is 0 Å². The van der Waals surface area contributed by atoms with Crippen molar-refractivity contribution in [2.75, 3.05) is 13.2 Å². The van der Waals surface area contributed by atoms with Crippen molar-refractivity contribution >= 4 is 0 Å². The number of rotatable bonds is 3. The molecule has 0 aromatic carbocycles. The molecule has 3 unspecified atom stereocenters. The van der Waals surface area contributed by atoms with Crippen molar-refractivity contribution in [3.05, 3.63) is 23.8 Å². The Kier molecular flexibility index (Phi) is 4.98. The molecule has 0 aromatic heterocycles. The molecule has 1 aliphatic heterocycles. The van der Waals surface area contributed by atoms with Crippen molar-refractivity contribution in [3.8, 4) is 0 Å². The molecule has 0 spiro atoms. The second kappa shape index (κ2) is 7.23. The molecule has 2 saturated carbocycles. The van der Waals surface area contributed by atoms with Gasteiger partial charge in [0.15, 0.2) is 6.29 Å². The van der Waals surface area contributed by atoms with Gasteiger partial charge in [-0.05, 0) is 81.0 Å². The van der Waals surface area contributed by atoms with E-state index in [9.17, 15) is 10.2 Å². The number of aliphatic hydroxyl groups excluding tert-OH is 2. The van der Waals surface area contributed by atoms with Gasteiger partial charge in [-0.1, -0.05) is 30.7 Å². The van der Waals surface area contributed by atoms with E-state index in [-0.39, 0.29) is 29.3 Å². The van der Waals surface area contributed by atoms with Gasteiger partial charge in [0.25, 0.3) is 0 Å². The zero-order valence-corrected chi connectivity index (χ0v) is 17.2. The summed E-state index contributed by atoms with van der Waals surface area (Å²) in [5.74, 6) is 1.75. The van der Waals surface area contributed by atoms with E-state index < -0.39 is 0 Å². The average Bonchev–Trinajstić information content (AvgIpc) is 3.02. The Labute approximate surface area is 169 Å². The fourth-order valence-electron chi connectivity index (χ4n) is 7.34. The Bertz CT molecular complexity index is 651. The van der Waals surface area contributed by atoms with E-state index in [1.165, 1.54) is 12.0 Å². The molecule has 5 aliphatic rings. The van der Waals surface area contributed by atoms with Gasteiger partial charge in [0.2, 0.25) is 0 Å². The van der Waals surface area contributed by atoms with Crippen molar-refractivity contribution in [2.24, 2.45) is 28.6 Å². The summed E-state index contributed by atoms with van der Waals surface area (Å²) < 4.78 is 12.2. The zero-order valence-electron chi connectivity index (χ0n) is 17.2. The molecule has 4 heteroatoms. The molecular formula is C24H36O4. The smallest absolute Gasteiger partial charge is 0.157 e. The van der Waals surface area contributed by atoms with Gasteiger partial charge in [0.05, 0.1) is 18.8 Å². The first kappa shape index (κ1) is 19.3.